The van der Waals surface area contributed by atoms with Gasteiger partial charge in [0.25, 0.3) is 0 Å². The third kappa shape index (κ3) is 3.21. The van der Waals surface area contributed by atoms with E-state index < -0.39 is 0 Å². The fourth-order valence-corrected chi connectivity index (χ4v) is 1.52. The molecule has 0 heterocycles. The lowest BCUT2D eigenvalue weighted by molar-refractivity contribution is 0.376. The largest absolute Gasteiger partial charge is 0.323 e. The maximum absolute atomic E-state index is 8.82. The molecule has 1 aromatic carbocycles. The second kappa shape index (κ2) is 5.13. The number of hydrogen-bond acceptors (Lipinski definition) is 3. The van der Waals surface area contributed by atoms with E-state index in [1.54, 1.807) is 12.1 Å². The molecule has 1 rings (SSSR count). The van der Waals surface area contributed by atoms with Crippen molar-refractivity contribution in [2.45, 2.75) is 6.04 Å². The number of benzene rings is 1. The maximum Gasteiger partial charge on any atom is 0.101 e. The lowest BCUT2D eigenvalue weighted by Crippen LogP contribution is -2.26. The van der Waals surface area contributed by atoms with Crippen LogP contribution in [0.1, 0.15) is 17.2 Å². The Bertz CT molecular complexity index is 382. The Balaban J connectivity index is 2.92. The molecule has 15 heavy (non-hydrogen) atoms. The molecule has 80 valence electrons. The third-order valence-corrected chi connectivity index (χ3v) is 2.43. The number of nitrogens with two attached hydrogens (primary N) is 1. The molecule has 0 unspecified atom stereocenters. The molecule has 3 nitrogen and oxygen atoms in total. The van der Waals surface area contributed by atoms with Crippen LogP contribution in [0.15, 0.2) is 18.2 Å². The smallest absolute Gasteiger partial charge is 0.101 e. The van der Waals surface area contributed by atoms with Gasteiger partial charge in [0.15, 0.2) is 0 Å². The molecule has 0 aromatic heterocycles. The van der Waals surface area contributed by atoms with Gasteiger partial charge in [0.1, 0.15) is 6.07 Å². The highest BCUT2D eigenvalue weighted by Gasteiger charge is 2.09. The molecule has 0 amide bonds. The van der Waals surface area contributed by atoms with Crippen molar-refractivity contribution in [2.24, 2.45) is 5.73 Å². The first-order chi connectivity index (χ1) is 7.04. The Kier molecular flexibility index (Phi) is 4.10. The topological polar surface area (TPSA) is 53.0 Å². The van der Waals surface area contributed by atoms with Gasteiger partial charge in [0.05, 0.1) is 10.6 Å². The van der Waals surface area contributed by atoms with Gasteiger partial charge in [-0.1, -0.05) is 17.7 Å². The molecule has 4 heteroatoms. The monoisotopic (exact) mass is 223 g/mol. The van der Waals surface area contributed by atoms with Gasteiger partial charge in [-0.05, 0) is 31.8 Å². The van der Waals surface area contributed by atoms with Gasteiger partial charge in [0, 0.05) is 12.6 Å². The molecule has 0 saturated carbocycles. The van der Waals surface area contributed by atoms with Crippen LogP contribution in [0.5, 0.6) is 0 Å². The van der Waals surface area contributed by atoms with Gasteiger partial charge in [-0.3, -0.25) is 0 Å². The second-order valence-electron chi connectivity index (χ2n) is 3.72. The Morgan fingerprint density at radius 1 is 1.53 bits per heavy atom. The van der Waals surface area contributed by atoms with Crippen LogP contribution in [0.2, 0.25) is 5.02 Å². The summed E-state index contributed by atoms with van der Waals surface area (Å²) in [6.07, 6.45) is 0. The van der Waals surface area contributed by atoms with Crippen LogP contribution in [0.4, 0.5) is 0 Å². The number of halogens is 1. The molecule has 0 saturated heterocycles. The molecule has 0 radical (unpaired) electrons. The van der Waals surface area contributed by atoms with Crippen LogP contribution in [-0.2, 0) is 0 Å². The van der Waals surface area contributed by atoms with Crippen LogP contribution in [0, 0.1) is 11.3 Å². The zero-order valence-electron chi connectivity index (χ0n) is 8.87. The fourth-order valence-electron chi connectivity index (χ4n) is 1.36. The molecule has 0 aliphatic heterocycles. The van der Waals surface area contributed by atoms with E-state index >= 15 is 0 Å². The van der Waals surface area contributed by atoms with Crippen molar-refractivity contribution >= 4 is 11.6 Å². The molecule has 0 spiro atoms. The summed E-state index contributed by atoms with van der Waals surface area (Å²) in [6, 6.07) is 7.27. The van der Waals surface area contributed by atoms with Gasteiger partial charge in [-0.25, -0.2) is 0 Å². The van der Waals surface area contributed by atoms with Crippen LogP contribution < -0.4 is 5.73 Å². The lowest BCUT2D eigenvalue weighted by Gasteiger charge is -2.17. The molecule has 0 bridgehead atoms. The van der Waals surface area contributed by atoms with E-state index in [9.17, 15) is 0 Å². The summed E-state index contributed by atoms with van der Waals surface area (Å²) in [5.41, 5.74) is 7.39. The maximum atomic E-state index is 8.82. The fraction of sp³-hybridized carbons (Fsp3) is 0.364. The number of nitriles is 1. The normalized spacial score (nSPS) is 12.5. The number of hydrogen-bond donors (Lipinski definition) is 1. The van der Waals surface area contributed by atoms with Gasteiger partial charge < -0.3 is 10.6 Å². The number of likely N-dealkylation sites (N-methyl/N-ethyl adjacent to an activating group) is 1. The minimum Gasteiger partial charge on any atom is -0.323 e. The number of rotatable bonds is 3. The molecule has 2 N–H and O–H groups in total. The molecule has 0 aliphatic carbocycles. The van der Waals surface area contributed by atoms with Crippen molar-refractivity contribution in [1.29, 1.82) is 5.26 Å². The molecule has 0 aliphatic rings. The molecule has 1 aromatic rings. The van der Waals surface area contributed by atoms with E-state index in [0.29, 0.717) is 10.6 Å². The van der Waals surface area contributed by atoms with Gasteiger partial charge in [-0.2, -0.15) is 5.26 Å². The van der Waals surface area contributed by atoms with E-state index in [-0.39, 0.29) is 6.04 Å². The predicted molar refractivity (Wildman–Crippen MR) is 61.6 cm³/mol. The van der Waals surface area contributed by atoms with Crippen molar-refractivity contribution < 1.29 is 0 Å². The molecular formula is C11H14ClN3. The van der Waals surface area contributed by atoms with E-state index in [4.69, 9.17) is 22.6 Å². The molecule has 0 fully saturated rings. The van der Waals surface area contributed by atoms with E-state index in [2.05, 4.69) is 0 Å². The average Bonchev–Trinajstić information content (AvgIpc) is 2.17. The predicted octanol–water partition coefficient (Wildman–Crippen LogP) is 1.77. The zero-order chi connectivity index (χ0) is 11.4. The van der Waals surface area contributed by atoms with Crippen molar-refractivity contribution in [3.8, 4) is 6.07 Å². The van der Waals surface area contributed by atoms with Crippen LogP contribution in [0.25, 0.3) is 0 Å². The van der Waals surface area contributed by atoms with E-state index in [0.717, 1.165) is 12.1 Å². The summed E-state index contributed by atoms with van der Waals surface area (Å²) >= 11 is 5.83. The zero-order valence-corrected chi connectivity index (χ0v) is 9.62. The quantitative estimate of drug-likeness (QED) is 0.850. The minimum absolute atomic E-state index is 0.0932. The minimum atomic E-state index is -0.0932. The average molecular weight is 224 g/mol. The first-order valence-corrected chi connectivity index (χ1v) is 5.02. The van der Waals surface area contributed by atoms with Gasteiger partial charge in [0.2, 0.25) is 0 Å². The summed E-state index contributed by atoms with van der Waals surface area (Å²) in [5, 5.41) is 9.29. The number of nitrogens with zero attached hydrogens (tertiary/aromatic N) is 2. The second-order valence-corrected chi connectivity index (χ2v) is 4.13. The Hall–Kier alpha value is -1.08. The van der Waals surface area contributed by atoms with Crippen molar-refractivity contribution in [2.75, 3.05) is 20.6 Å². The SMILES string of the molecule is CN(C)C[C@@H](N)c1ccc(Cl)c(C#N)c1. The highest BCUT2D eigenvalue weighted by atomic mass is 35.5. The Morgan fingerprint density at radius 3 is 2.73 bits per heavy atom. The van der Waals surface area contributed by atoms with Crippen molar-refractivity contribution in [3.05, 3.63) is 34.3 Å². The molecule has 1 atom stereocenters. The molecular weight excluding hydrogens is 210 g/mol. The van der Waals surface area contributed by atoms with E-state index in [1.165, 1.54) is 0 Å². The highest BCUT2D eigenvalue weighted by molar-refractivity contribution is 6.31. The Morgan fingerprint density at radius 2 is 2.20 bits per heavy atom. The van der Waals surface area contributed by atoms with Gasteiger partial charge in [-0.15, -0.1) is 0 Å². The van der Waals surface area contributed by atoms with Crippen LogP contribution in [-0.4, -0.2) is 25.5 Å². The summed E-state index contributed by atoms with van der Waals surface area (Å²) in [5.74, 6) is 0. The van der Waals surface area contributed by atoms with Crippen LogP contribution in [0.3, 0.4) is 0 Å². The summed E-state index contributed by atoms with van der Waals surface area (Å²) < 4.78 is 0. The summed E-state index contributed by atoms with van der Waals surface area (Å²) in [6.45, 7) is 0.743. The first-order valence-electron chi connectivity index (χ1n) is 4.64. The van der Waals surface area contributed by atoms with Gasteiger partial charge >= 0.3 is 0 Å². The van der Waals surface area contributed by atoms with Crippen molar-refractivity contribution in [1.82, 2.24) is 4.90 Å². The van der Waals surface area contributed by atoms with E-state index in [1.807, 2.05) is 31.1 Å². The third-order valence-electron chi connectivity index (χ3n) is 2.10. The first kappa shape index (κ1) is 12.0. The standard InChI is InChI=1S/C11H14ClN3/c1-15(2)7-11(14)8-3-4-10(12)9(5-8)6-13/h3-5,11H,7,14H2,1-2H3/t11-/m1/s1. The summed E-state index contributed by atoms with van der Waals surface area (Å²) in [7, 11) is 3.92. The highest BCUT2D eigenvalue weighted by Crippen LogP contribution is 2.20. The lowest BCUT2D eigenvalue weighted by atomic mass is 10.0. The van der Waals surface area contributed by atoms with Crippen molar-refractivity contribution in [3.63, 3.8) is 0 Å². The summed E-state index contributed by atoms with van der Waals surface area (Å²) in [4.78, 5) is 2.01. The Labute approximate surface area is 95.1 Å². The van der Waals surface area contributed by atoms with Crippen LogP contribution >= 0.6 is 11.6 Å².